The van der Waals surface area contributed by atoms with Gasteiger partial charge in [-0.3, -0.25) is 4.79 Å². The van der Waals surface area contributed by atoms with E-state index >= 15 is 0 Å². The smallest absolute Gasteiger partial charge is 0.224 e. The van der Waals surface area contributed by atoms with Crippen LogP contribution in [0.5, 0.6) is 0 Å². The number of aliphatic hydroxyl groups is 1. The van der Waals surface area contributed by atoms with Crippen LogP contribution in [-0.4, -0.2) is 67.6 Å². The van der Waals surface area contributed by atoms with E-state index in [4.69, 9.17) is 0 Å². The molecule has 0 radical (unpaired) electrons. The van der Waals surface area contributed by atoms with Gasteiger partial charge in [-0.1, -0.05) is 12.8 Å². The lowest BCUT2D eigenvalue weighted by Crippen LogP contribution is -2.51. The van der Waals surface area contributed by atoms with Gasteiger partial charge in [0.1, 0.15) is 0 Å². The van der Waals surface area contributed by atoms with Gasteiger partial charge < -0.3 is 15.3 Å². The zero-order valence-electron chi connectivity index (χ0n) is 11.9. The summed E-state index contributed by atoms with van der Waals surface area (Å²) in [6.45, 7) is 0.413. The summed E-state index contributed by atoms with van der Waals surface area (Å²) in [5, 5.41) is 13.1. The maximum atomic E-state index is 12.2. The highest BCUT2D eigenvalue weighted by atomic mass is 32.2. The van der Waals surface area contributed by atoms with Gasteiger partial charge in [-0.2, -0.15) is 0 Å². The average molecular weight is 304 g/mol. The topological polar surface area (TPSA) is 86.7 Å². The van der Waals surface area contributed by atoms with E-state index in [1.165, 1.54) is 0 Å². The molecule has 1 aliphatic carbocycles. The highest BCUT2D eigenvalue weighted by Gasteiger charge is 2.32. The largest absolute Gasteiger partial charge is 0.391 e. The molecule has 7 heteroatoms. The Kier molecular flexibility index (Phi) is 5.04. The normalized spacial score (nSPS) is 33.6. The van der Waals surface area contributed by atoms with Crippen molar-refractivity contribution in [3.63, 3.8) is 0 Å². The number of aliphatic hydroxyl groups excluding tert-OH is 1. The van der Waals surface area contributed by atoms with E-state index in [1.807, 2.05) is 0 Å². The molecule has 0 aromatic carbocycles. The first-order valence-electron chi connectivity index (χ1n) is 7.26. The first kappa shape index (κ1) is 15.7. The van der Waals surface area contributed by atoms with Crippen LogP contribution in [0.1, 0.15) is 32.1 Å². The highest BCUT2D eigenvalue weighted by Crippen LogP contribution is 2.23. The quantitative estimate of drug-likeness (QED) is 0.736. The van der Waals surface area contributed by atoms with Crippen LogP contribution >= 0.6 is 0 Å². The lowest BCUT2D eigenvalue weighted by molar-refractivity contribution is -0.135. The zero-order valence-corrected chi connectivity index (χ0v) is 12.7. The van der Waals surface area contributed by atoms with Crippen molar-refractivity contribution < 1.29 is 18.3 Å². The van der Waals surface area contributed by atoms with Gasteiger partial charge in [0.15, 0.2) is 9.84 Å². The standard InChI is InChI=1S/C13H24N2O4S/c1-15(11-4-2-3-5-12(11)16)13(17)8-10-9-20(18,19)7-6-14-10/h10-12,14,16H,2-9H2,1H3. The number of carbonyl (C=O) groups excluding carboxylic acids is 1. The molecule has 0 bridgehead atoms. The first-order valence-corrected chi connectivity index (χ1v) is 9.09. The van der Waals surface area contributed by atoms with Crippen molar-refractivity contribution >= 4 is 15.7 Å². The van der Waals surface area contributed by atoms with Gasteiger partial charge in [0.25, 0.3) is 0 Å². The molecule has 0 spiro atoms. The van der Waals surface area contributed by atoms with Gasteiger partial charge in [-0.15, -0.1) is 0 Å². The lowest BCUT2D eigenvalue weighted by atomic mass is 9.91. The number of nitrogens with one attached hydrogen (secondary N) is 1. The van der Waals surface area contributed by atoms with Crippen molar-refractivity contribution in [1.82, 2.24) is 10.2 Å². The number of amides is 1. The Hall–Kier alpha value is -0.660. The van der Waals surface area contributed by atoms with Gasteiger partial charge in [0.2, 0.25) is 5.91 Å². The number of rotatable bonds is 3. The van der Waals surface area contributed by atoms with Crippen molar-refractivity contribution in [2.75, 3.05) is 25.1 Å². The van der Waals surface area contributed by atoms with E-state index in [0.29, 0.717) is 6.54 Å². The van der Waals surface area contributed by atoms with Crippen LogP contribution < -0.4 is 5.32 Å². The van der Waals surface area contributed by atoms with Crippen molar-refractivity contribution in [2.24, 2.45) is 0 Å². The first-order chi connectivity index (χ1) is 9.39. The Morgan fingerprint density at radius 1 is 1.35 bits per heavy atom. The maximum absolute atomic E-state index is 12.2. The second-order valence-corrected chi connectivity index (χ2v) is 8.12. The molecule has 0 aromatic heterocycles. The van der Waals surface area contributed by atoms with Crippen LogP contribution in [0.15, 0.2) is 0 Å². The maximum Gasteiger partial charge on any atom is 0.224 e. The molecule has 1 heterocycles. The number of hydrogen-bond acceptors (Lipinski definition) is 5. The Balaban J connectivity index is 1.90. The summed E-state index contributed by atoms with van der Waals surface area (Å²) in [6, 6.07) is -0.430. The van der Waals surface area contributed by atoms with Crippen molar-refractivity contribution in [2.45, 2.75) is 50.3 Å². The number of likely N-dealkylation sites (N-methyl/N-ethyl adjacent to an activating group) is 1. The van der Waals surface area contributed by atoms with Crippen LogP contribution in [0.3, 0.4) is 0 Å². The van der Waals surface area contributed by atoms with Gasteiger partial charge in [-0.05, 0) is 12.8 Å². The number of carbonyl (C=O) groups is 1. The number of hydrogen-bond donors (Lipinski definition) is 2. The molecule has 2 aliphatic rings. The Morgan fingerprint density at radius 2 is 2.05 bits per heavy atom. The molecular weight excluding hydrogens is 280 g/mol. The van der Waals surface area contributed by atoms with Crippen LogP contribution in [0.25, 0.3) is 0 Å². The van der Waals surface area contributed by atoms with Gasteiger partial charge >= 0.3 is 0 Å². The molecular formula is C13H24N2O4S. The van der Waals surface area contributed by atoms with Crippen LogP contribution in [0.4, 0.5) is 0 Å². The third-order valence-electron chi connectivity index (χ3n) is 4.31. The summed E-state index contributed by atoms with van der Waals surface area (Å²) in [5.41, 5.74) is 0. The predicted molar refractivity (Wildman–Crippen MR) is 76.1 cm³/mol. The molecule has 116 valence electrons. The second-order valence-electron chi connectivity index (χ2n) is 5.89. The fourth-order valence-electron chi connectivity index (χ4n) is 3.08. The third kappa shape index (κ3) is 3.93. The van der Waals surface area contributed by atoms with E-state index in [9.17, 15) is 18.3 Å². The molecule has 1 saturated carbocycles. The molecule has 2 rings (SSSR count). The molecule has 1 aliphatic heterocycles. The van der Waals surface area contributed by atoms with Gasteiger partial charge in [-0.25, -0.2) is 8.42 Å². The Bertz CT molecular complexity index is 451. The van der Waals surface area contributed by atoms with E-state index in [0.717, 1.165) is 25.7 Å². The minimum absolute atomic E-state index is 0.0276. The summed E-state index contributed by atoms with van der Waals surface area (Å²) in [7, 11) is -1.31. The van der Waals surface area contributed by atoms with Crippen molar-refractivity contribution in [3.05, 3.63) is 0 Å². The minimum atomic E-state index is -3.02. The summed E-state index contributed by atoms with van der Waals surface area (Å²) in [4.78, 5) is 13.9. The molecule has 2 fully saturated rings. The van der Waals surface area contributed by atoms with Crippen LogP contribution in [0, 0.1) is 0 Å². The van der Waals surface area contributed by atoms with Gasteiger partial charge in [0, 0.05) is 26.1 Å². The van der Waals surface area contributed by atoms with Crippen molar-refractivity contribution in [1.29, 1.82) is 0 Å². The Labute approximate surface area is 120 Å². The fourth-order valence-corrected chi connectivity index (χ4v) is 4.53. The zero-order chi connectivity index (χ0) is 14.8. The molecule has 0 aromatic rings. The monoisotopic (exact) mass is 304 g/mol. The van der Waals surface area contributed by atoms with Crippen LogP contribution in [-0.2, 0) is 14.6 Å². The molecule has 6 nitrogen and oxygen atoms in total. The fraction of sp³-hybridized carbons (Fsp3) is 0.923. The lowest BCUT2D eigenvalue weighted by Gasteiger charge is -2.36. The molecule has 20 heavy (non-hydrogen) atoms. The number of sulfone groups is 1. The summed E-state index contributed by atoms with van der Waals surface area (Å²) in [6.07, 6.45) is 3.30. The molecule has 3 unspecified atom stereocenters. The van der Waals surface area contributed by atoms with E-state index in [-0.39, 0.29) is 35.9 Å². The summed E-state index contributed by atoms with van der Waals surface area (Å²) >= 11 is 0. The summed E-state index contributed by atoms with van der Waals surface area (Å²) < 4.78 is 23.1. The molecule has 3 atom stereocenters. The highest BCUT2D eigenvalue weighted by molar-refractivity contribution is 7.91. The second kappa shape index (κ2) is 6.41. The molecule has 1 saturated heterocycles. The average Bonchev–Trinajstić information content (AvgIpc) is 2.37. The van der Waals surface area contributed by atoms with Gasteiger partial charge in [0.05, 0.1) is 23.7 Å². The van der Waals surface area contributed by atoms with Crippen LogP contribution in [0.2, 0.25) is 0 Å². The number of nitrogens with zero attached hydrogens (tertiary/aromatic N) is 1. The summed E-state index contributed by atoms with van der Waals surface area (Å²) in [5.74, 6) is 0.0832. The van der Waals surface area contributed by atoms with Crippen molar-refractivity contribution in [3.8, 4) is 0 Å². The third-order valence-corrected chi connectivity index (χ3v) is 6.04. The van der Waals surface area contributed by atoms with E-state index < -0.39 is 15.9 Å². The minimum Gasteiger partial charge on any atom is -0.391 e. The van der Waals surface area contributed by atoms with E-state index in [1.54, 1.807) is 11.9 Å². The van der Waals surface area contributed by atoms with E-state index in [2.05, 4.69) is 5.32 Å². The molecule has 2 N–H and O–H groups in total. The predicted octanol–water partition coefficient (Wildman–Crippen LogP) is -0.475. The SMILES string of the molecule is CN(C(=O)CC1CS(=O)(=O)CCN1)C1CCCCC1O. The Morgan fingerprint density at radius 3 is 2.70 bits per heavy atom. The molecule has 1 amide bonds.